The summed E-state index contributed by atoms with van der Waals surface area (Å²) in [5, 5.41) is 0. The molecule has 1 aromatic carbocycles. The monoisotopic (exact) mass is 397 g/mol. The highest BCUT2D eigenvalue weighted by Crippen LogP contribution is 2.36. The molecule has 0 radical (unpaired) electrons. The number of carbonyl (C=O) groups excluding carboxylic acids is 1. The first-order valence-electron chi connectivity index (χ1n) is 7.01. The van der Waals surface area contributed by atoms with Crippen LogP contribution >= 0.6 is 15.9 Å². The topological polar surface area (TPSA) is 38.8 Å². The molecule has 8 heteroatoms. The quantitative estimate of drug-likeness (QED) is 0.689. The van der Waals surface area contributed by atoms with Crippen LogP contribution < -0.4 is 9.47 Å². The Bertz CT molecular complexity index is 524. The van der Waals surface area contributed by atoms with Gasteiger partial charge in [0.25, 0.3) is 5.91 Å². The van der Waals surface area contributed by atoms with Crippen LogP contribution in [-0.4, -0.2) is 44.3 Å². The number of hydrogen-bond donors (Lipinski definition) is 0. The molecular weight excluding hydrogens is 379 g/mol. The average Bonchev–Trinajstić information content (AvgIpc) is 2.49. The summed E-state index contributed by atoms with van der Waals surface area (Å²) in [4.78, 5) is 13.3. The van der Waals surface area contributed by atoms with E-state index < -0.39 is 18.6 Å². The van der Waals surface area contributed by atoms with Crippen molar-refractivity contribution in [3.8, 4) is 11.5 Å². The highest BCUT2D eigenvalue weighted by Gasteiger charge is 2.33. The van der Waals surface area contributed by atoms with E-state index in [-0.39, 0.29) is 12.1 Å². The van der Waals surface area contributed by atoms with Gasteiger partial charge in [-0.1, -0.05) is 13.3 Å². The molecule has 0 fully saturated rings. The number of methoxy groups -OCH3 is 2. The van der Waals surface area contributed by atoms with Crippen molar-refractivity contribution in [2.75, 3.05) is 27.3 Å². The predicted octanol–water partition coefficient (Wildman–Crippen LogP) is 4.27. The van der Waals surface area contributed by atoms with Gasteiger partial charge in [0, 0.05) is 12.1 Å². The van der Waals surface area contributed by atoms with Gasteiger partial charge in [-0.3, -0.25) is 4.79 Å². The van der Waals surface area contributed by atoms with E-state index in [4.69, 9.17) is 9.47 Å². The van der Waals surface area contributed by atoms with Gasteiger partial charge in [0.1, 0.15) is 22.5 Å². The molecule has 0 aliphatic rings. The third kappa shape index (κ3) is 5.60. The largest absolute Gasteiger partial charge is 0.495 e. The van der Waals surface area contributed by atoms with Crippen molar-refractivity contribution in [1.82, 2.24) is 4.90 Å². The summed E-state index contributed by atoms with van der Waals surface area (Å²) < 4.78 is 48.9. The van der Waals surface area contributed by atoms with Crippen molar-refractivity contribution >= 4 is 21.8 Å². The molecule has 0 unspecified atom stereocenters. The van der Waals surface area contributed by atoms with Crippen LogP contribution in [-0.2, 0) is 0 Å². The minimum atomic E-state index is -4.45. The zero-order chi connectivity index (χ0) is 17.6. The summed E-state index contributed by atoms with van der Waals surface area (Å²) in [6.45, 7) is 0.601. The number of benzene rings is 1. The van der Waals surface area contributed by atoms with E-state index in [2.05, 4.69) is 15.9 Å². The Morgan fingerprint density at radius 3 is 2.13 bits per heavy atom. The lowest BCUT2D eigenvalue weighted by atomic mass is 10.1. The van der Waals surface area contributed by atoms with Gasteiger partial charge in [-0.05, 0) is 34.5 Å². The van der Waals surface area contributed by atoms with Crippen LogP contribution in [0.5, 0.6) is 11.5 Å². The molecule has 1 aromatic rings. The molecular formula is C15H19BrF3NO3. The third-order valence-electron chi connectivity index (χ3n) is 3.13. The van der Waals surface area contributed by atoms with Crippen molar-refractivity contribution in [2.24, 2.45) is 0 Å². The molecule has 0 spiro atoms. The summed E-state index contributed by atoms with van der Waals surface area (Å²) in [6, 6.07) is 2.79. The number of halogens is 4. The number of ether oxygens (including phenoxy) is 2. The Labute approximate surface area is 141 Å². The summed E-state index contributed by atoms with van der Waals surface area (Å²) in [7, 11) is 2.80. The molecule has 0 aliphatic heterocycles. The molecule has 0 N–H and O–H groups in total. The fourth-order valence-electron chi connectivity index (χ4n) is 1.99. The average molecular weight is 398 g/mol. The normalized spacial score (nSPS) is 11.3. The van der Waals surface area contributed by atoms with E-state index >= 15 is 0 Å². The van der Waals surface area contributed by atoms with Crippen molar-refractivity contribution in [1.29, 1.82) is 0 Å². The minimum absolute atomic E-state index is 0.0372. The number of amides is 1. The number of unbranched alkanes of at least 4 members (excludes halogenated alkanes) is 1. The molecule has 130 valence electrons. The molecule has 23 heavy (non-hydrogen) atoms. The second-order valence-electron chi connectivity index (χ2n) is 4.89. The second kappa shape index (κ2) is 8.42. The number of hydrogen-bond acceptors (Lipinski definition) is 3. The maximum absolute atomic E-state index is 12.7. The molecule has 0 aromatic heterocycles. The molecule has 0 saturated heterocycles. The standard InChI is InChI=1S/C15H19BrF3NO3/c1-4-5-6-20(9-15(17,18)19)14(21)10-7-11(22-2)13(16)12(8-10)23-3/h7-8H,4-6,9H2,1-3H3. The number of carbonyl (C=O) groups is 1. The predicted molar refractivity (Wildman–Crippen MR) is 84.1 cm³/mol. The molecule has 1 rings (SSSR count). The van der Waals surface area contributed by atoms with Crippen LogP contribution in [0.2, 0.25) is 0 Å². The van der Waals surface area contributed by atoms with Crippen LogP contribution in [0.25, 0.3) is 0 Å². The molecule has 0 saturated carbocycles. The van der Waals surface area contributed by atoms with Gasteiger partial charge in [-0.25, -0.2) is 0 Å². The fourth-order valence-corrected chi connectivity index (χ4v) is 2.55. The number of nitrogens with zero attached hydrogens (tertiary/aromatic N) is 1. The van der Waals surface area contributed by atoms with Crippen LogP contribution in [0, 0.1) is 0 Å². The summed E-state index contributed by atoms with van der Waals surface area (Å²) in [5.41, 5.74) is 0.0854. The van der Waals surface area contributed by atoms with Gasteiger partial charge in [0.15, 0.2) is 0 Å². The second-order valence-corrected chi connectivity index (χ2v) is 5.68. The Balaban J connectivity index is 3.16. The van der Waals surface area contributed by atoms with Crippen molar-refractivity contribution in [3.63, 3.8) is 0 Å². The highest BCUT2D eigenvalue weighted by atomic mass is 79.9. The van der Waals surface area contributed by atoms with Gasteiger partial charge in [-0.2, -0.15) is 13.2 Å². The summed E-state index contributed by atoms with van der Waals surface area (Å²) in [6.07, 6.45) is -3.27. The van der Waals surface area contributed by atoms with Gasteiger partial charge in [-0.15, -0.1) is 0 Å². The molecule has 0 heterocycles. The first kappa shape index (κ1) is 19.6. The van der Waals surface area contributed by atoms with Crippen LogP contribution in [0.15, 0.2) is 16.6 Å². The zero-order valence-corrected chi connectivity index (χ0v) is 14.8. The summed E-state index contributed by atoms with van der Waals surface area (Å²) in [5.74, 6) is -0.0785. The summed E-state index contributed by atoms with van der Waals surface area (Å²) >= 11 is 3.26. The van der Waals surface area contributed by atoms with Gasteiger partial charge in [0.05, 0.1) is 14.2 Å². The van der Waals surface area contributed by atoms with Crippen molar-refractivity contribution in [3.05, 3.63) is 22.2 Å². The fraction of sp³-hybridized carbons (Fsp3) is 0.533. The van der Waals surface area contributed by atoms with Gasteiger partial charge >= 0.3 is 6.18 Å². The molecule has 0 atom stereocenters. The SMILES string of the molecule is CCCCN(CC(F)(F)F)C(=O)c1cc(OC)c(Br)c(OC)c1. The Morgan fingerprint density at radius 1 is 1.22 bits per heavy atom. The lowest BCUT2D eigenvalue weighted by molar-refractivity contribution is -0.140. The lowest BCUT2D eigenvalue weighted by Crippen LogP contribution is -2.39. The van der Waals surface area contributed by atoms with Crippen LogP contribution in [0.1, 0.15) is 30.1 Å². The highest BCUT2D eigenvalue weighted by molar-refractivity contribution is 9.10. The third-order valence-corrected chi connectivity index (χ3v) is 3.91. The van der Waals surface area contributed by atoms with Crippen molar-refractivity contribution < 1.29 is 27.4 Å². The maximum atomic E-state index is 12.7. The van der Waals surface area contributed by atoms with Crippen molar-refractivity contribution in [2.45, 2.75) is 25.9 Å². The first-order valence-corrected chi connectivity index (χ1v) is 7.80. The van der Waals surface area contributed by atoms with E-state index in [1.807, 2.05) is 6.92 Å². The Hall–Kier alpha value is -1.44. The zero-order valence-electron chi connectivity index (χ0n) is 13.2. The molecule has 1 amide bonds. The van der Waals surface area contributed by atoms with Gasteiger partial charge < -0.3 is 14.4 Å². The van der Waals surface area contributed by atoms with E-state index in [9.17, 15) is 18.0 Å². The number of alkyl halides is 3. The number of rotatable bonds is 7. The lowest BCUT2D eigenvalue weighted by Gasteiger charge is -2.24. The van der Waals surface area contributed by atoms with Crippen LogP contribution in [0.4, 0.5) is 13.2 Å². The van der Waals surface area contributed by atoms with E-state index in [1.165, 1.54) is 26.4 Å². The van der Waals surface area contributed by atoms with Crippen LogP contribution in [0.3, 0.4) is 0 Å². The van der Waals surface area contributed by atoms with E-state index in [0.29, 0.717) is 28.8 Å². The Morgan fingerprint density at radius 2 is 1.74 bits per heavy atom. The molecule has 4 nitrogen and oxygen atoms in total. The smallest absolute Gasteiger partial charge is 0.406 e. The first-order chi connectivity index (χ1) is 10.7. The van der Waals surface area contributed by atoms with E-state index in [0.717, 1.165) is 4.90 Å². The van der Waals surface area contributed by atoms with E-state index in [1.54, 1.807) is 0 Å². The minimum Gasteiger partial charge on any atom is -0.495 e. The molecule has 0 aliphatic carbocycles. The Kier molecular flexibility index (Phi) is 7.18. The van der Waals surface area contributed by atoms with Gasteiger partial charge in [0.2, 0.25) is 0 Å². The maximum Gasteiger partial charge on any atom is 0.406 e. The molecule has 0 bridgehead atoms.